The topological polar surface area (TPSA) is 69.9 Å². The van der Waals surface area contributed by atoms with Crippen LogP contribution in [0.2, 0.25) is 0 Å². The van der Waals surface area contributed by atoms with E-state index in [4.69, 9.17) is 5.11 Å². The highest BCUT2D eigenvalue weighted by atomic mass is 16.3. The summed E-state index contributed by atoms with van der Waals surface area (Å²) in [6.45, 7) is 5.55. The number of benzene rings is 1. The quantitative estimate of drug-likeness (QED) is 0.831. The fourth-order valence-electron chi connectivity index (χ4n) is 2.87. The van der Waals surface area contributed by atoms with Crippen LogP contribution < -0.4 is 0 Å². The van der Waals surface area contributed by atoms with Crippen molar-refractivity contribution in [1.82, 2.24) is 0 Å². The molecule has 2 rings (SSSR count). The lowest BCUT2D eigenvalue weighted by Gasteiger charge is -2.12. The number of carbonyl (C=O) groups is 1. The second-order valence-corrected chi connectivity index (χ2v) is 5.24. The molecule has 1 unspecified atom stereocenters. The molecule has 0 spiro atoms. The maximum atomic E-state index is 12.2. The van der Waals surface area contributed by atoms with E-state index in [1.54, 1.807) is 0 Å². The molecule has 1 aliphatic rings. The fourth-order valence-corrected chi connectivity index (χ4v) is 2.87. The number of hydrogen-bond acceptors (Lipinski definition) is 4. The van der Waals surface area contributed by atoms with Crippen LogP contribution in [0.4, 0.5) is 0 Å². The molecule has 20 heavy (non-hydrogen) atoms. The summed E-state index contributed by atoms with van der Waals surface area (Å²) < 4.78 is 0. The highest BCUT2D eigenvalue weighted by Crippen LogP contribution is 2.36. The van der Waals surface area contributed by atoms with Crippen molar-refractivity contribution >= 4 is 17.6 Å². The normalized spacial score (nSPS) is 19.4. The van der Waals surface area contributed by atoms with Crippen molar-refractivity contribution in [3.05, 3.63) is 40.1 Å². The van der Waals surface area contributed by atoms with Gasteiger partial charge in [0.05, 0.1) is 11.5 Å². The first-order valence-corrected chi connectivity index (χ1v) is 6.61. The zero-order valence-electron chi connectivity index (χ0n) is 12.0. The maximum Gasteiger partial charge on any atom is 0.167 e. The van der Waals surface area contributed by atoms with Gasteiger partial charge in [-0.2, -0.15) is 0 Å². The largest absolute Gasteiger partial charge is 0.511 e. The zero-order valence-corrected chi connectivity index (χ0v) is 12.0. The maximum absolute atomic E-state index is 12.2. The standard InChI is InChI=1S/C16H19NO3/c1-9-4-10(2)14(11(3)5-9)15-13(19)6-12(16(15)20)7-17-8-18/h4-5,7,12,18,20H,6,8H2,1-3H3. The molecular formula is C16H19NO3. The molecule has 0 radical (unpaired) electrons. The second-order valence-electron chi connectivity index (χ2n) is 5.24. The average molecular weight is 273 g/mol. The van der Waals surface area contributed by atoms with Gasteiger partial charge < -0.3 is 10.2 Å². The van der Waals surface area contributed by atoms with E-state index in [0.29, 0.717) is 5.57 Å². The number of rotatable bonds is 3. The Labute approximate surface area is 118 Å². The Bertz CT molecular complexity index is 591. The van der Waals surface area contributed by atoms with Crippen LogP contribution in [-0.4, -0.2) is 28.9 Å². The Hall–Kier alpha value is -1.94. The van der Waals surface area contributed by atoms with Gasteiger partial charge in [-0.25, -0.2) is 0 Å². The summed E-state index contributed by atoms with van der Waals surface area (Å²) in [5.41, 5.74) is 4.31. The van der Waals surface area contributed by atoms with Crippen LogP contribution in [0.25, 0.3) is 5.57 Å². The van der Waals surface area contributed by atoms with E-state index >= 15 is 0 Å². The van der Waals surface area contributed by atoms with Crippen LogP contribution in [0, 0.1) is 26.7 Å². The van der Waals surface area contributed by atoms with Gasteiger partial charge in [-0.3, -0.25) is 9.79 Å². The summed E-state index contributed by atoms with van der Waals surface area (Å²) in [7, 11) is 0. The highest BCUT2D eigenvalue weighted by molar-refractivity contribution is 6.25. The molecule has 1 aliphatic carbocycles. The Kier molecular flexibility index (Phi) is 4.04. The lowest BCUT2D eigenvalue weighted by atomic mass is 9.92. The molecule has 0 aromatic heterocycles. The first-order chi connectivity index (χ1) is 9.45. The number of carbonyl (C=O) groups excluding carboxylic acids is 1. The summed E-state index contributed by atoms with van der Waals surface area (Å²) in [6.07, 6.45) is 1.65. The molecule has 2 N–H and O–H groups in total. The van der Waals surface area contributed by atoms with Crippen LogP contribution in [0.15, 0.2) is 22.9 Å². The third-order valence-corrected chi connectivity index (χ3v) is 3.59. The van der Waals surface area contributed by atoms with E-state index in [2.05, 4.69) is 4.99 Å². The lowest BCUT2D eigenvalue weighted by molar-refractivity contribution is -0.113. The van der Waals surface area contributed by atoms with Gasteiger partial charge in [-0.1, -0.05) is 17.7 Å². The number of aryl methyl sites for hydroxylation is 3. The van der Waals surface area contributed by atoms with Gasteiger partial charge in [-0.15, -0.1) is 0 Å². The molecule has 106 valence electrons. The fraction of sp³-hybridized carbons (Fsp3) is 0.375. The van der Waals surface area contributed by atoms with Crippen molar-refractivity contribution in [1.29, 1.82) is 0 Å². The van der Waals surface area contributed by atoms with Crippen LogP contribution >= 0.6 is 0 Å². The number of aliphatic imine (C=N–C) groups is 1. The molecule has 1 aromatic carbocycles. The van der Waals surface area contributed by atoms with Crippen molar-refractivity contribution in [2.75, 3.05) is 6.73 Å². The predicted octanol–water partition coefficient (Wildman–Crippen LogP) is 2.49. The smallest absolute Gasteiger partial charge is 0.167 e. The van der Waals surface area contributed by atoms with Crippen molar-refractivity contribution in [3.8, 4) is 0 Å². The number of aliphatic hydroxyl groups excluding tert-OH is 2. The minimum absolute atomic E-state index is 0.0576. The zero-order chi connectivity index (χ0) is 14.9. The molecule has 1 aromatic rings. The molecule has 0 bridgehead atoms. The van der Waals surface area contributed by atoms with E-state index in [1.165, 1.54) is 6.21 Å². The molecule has 0 aliphatic heterocycles. The minimum Gasteiger partial charge on any atom is -0.511 e. The van der Waals surface area contributed by atoms with Crippen LogP contribution in [-0.2, 0) is 4.79 Å². The van der Waals surface area contributed by atoms with Crippen molar-refractivity contribution in [2.24, 2.45) is 10.9 Å². The van der Waals surface area contributed by atoms with Gasteiger partial charge in [0.25, 0.3) is 0 Å². The van der Waals surface area contributed by atoms with Gasteiger partial charge in [0.2, 0.25) is 0 Å². The summed E-state index contributed by atoms with van der Waals surface area (Å²) in [4.78, 5) is 15.9. The molecular weight excluding hydrogens is 254 g/mol. The van der Waals surface area contributed by atoms with Gasteiger partial charge >= 0.3 is 0 Å². The Morgan fingerprint density at radius 2 is 1.90 bits per heavy atom. The van der Waals surface area contributed by atoms with Crippen LogP contribution in [0.5, 0.6) is 0 Å². The predicted molar refractivity (Wildman–Crippen MR) is 78.9 cm³/mol. The first kappa shape index (κ1) is 14.5. The molecule has 0 amide bonds. The van der Waals surface area contributed by atoms with Gasteiger partial charge in [0, 0.05) is 12.6 Å². The lowest BCUT2D eigenvalue weighted by Crippen LogP contribution is -2.02. The Balaban J connectivity index is 2.54. The monoisotopic (exact) mass is 273 g/mol. The third kappa shape index (κ3) is 2.51. The molecule has 0 fully saturated rings. The molecule has 4 nitrogen and oxygen atoms in total. The summed E-state index contributed by atoms with van der Waals surface area (Å²) in [6, 6.07) is 4.01. The van der Waals surface area contributed by atoms with Crippen LogP contribution in [0.1, 0.15) is 28.7 Å². The number of Topliss-reactive ketones (excluding diaryl/α,β-unsaturated/α-hetero) is 1. The van der Waals surface area contributed by atoms with E-state index in [9.17, 15) is 9.90 Å². The first-order valence-electron chi connectivity index (χ1n) is 6.61. The second kappa shape index (κ2) is 5.59. The summed E-state index contributed by atoms with van der Waals surface area (Å²) >= 11 is 0. The minimum atomic E-state index is -0.426. The number of aliphatic hydroxyl groups is 2. The van der Waals surface area contributed by atoms with Gasteiger partial charge in [-0.05, 0) is 37.5 Å². The Morgan fingerprint density at radius 1 is 1.30 bits per heavy atom. The van der Waals surface area contributed by atoms with Gasteiger partial charge in [0.15, 0.2) is 5.78 Å². The summed E-state index contributed by atoms with van der Waals surface area (Å²) in [5.74, 6) is -0.445. The molecule has 1 atom stereocenters. The van der Waals surface area contributed by atoms with E-state index < -0.39 is 5.92 Å². The molecule has 0 saturated carbocycles. The highest BCUT2D eigenvalue weighted by Gasteiger charge is 2.33. The number of allylic oxidation sites excluding steroid dienone is 2. The van der Waals surface area contributed by atoms with Crippen molar-refractivity contribution < 1.29 is 15.0 Å². The SMILES string of the molecule is Cc1cc(C)c(C2=C(O)C(C=NCO)CC2=O)c(C)c1. The number of ketones is 1. The van der Waals surface area contributed by atoms with Crippen LogP contribution in [0.3, 0.4) is 0 Å². The molecule has 4 heteroatoms. The van der Waals surface area contributed by atoms with E-state index in [-0.39, 0.29) is 24.7 Å². The summed E-state index contributed by atoms with van der Waals surface area (Å²) in [5, 5.41) is 19.0. The van der Waals surface area contributed by atoms with E-state index in [0.717, 1.165) is 22.3 Å². The Morgan fingerprint density at radius 3 is 2.45 bits per heavy atom. The average Bonchev–Trinajstić information content (AvgIpc) is 2.63. The van der Waals surface area contributed by atoms with Gasteiger partial charge in [0.1, 0.15) is 12.5 Å². The van der Waals surface area contributed by atoms with Crippen molar-refractivity contribution in [3.63, 3.8) is 0 Å². The number of nitrogens with zero attached hydrogens (tertiary/aromatic N) is 1. The number of hydrogen-bond donors (Lipinski definition) is 2. The molecule has 0 heterocycles. The molecule has 0 saturated heterocycles. The van der Waals surface area contributed by atoms with E-state index in [1.807, 2.05) is 32.9 Å². The van der Waals surface area contributed by atoms with Crippen molar-refractivity contribution in [2.45, 2.75) is 27.2 Å². The third-order valence-electron chi connectivity index (χ3n) is 3.59.